The van der Waals surface area contributed by atoms with E-state index in [1.165, 1.54) is 12.1 Å². The first-order valence-corrected chi connectivity index (χ1v) is 8.04. The highest BCUT2D eigenvalue weighted by Crippen LogP contribution is 2.18. The number of rotatable bonds is 5. The van der Waals surface area contributed by atoms with Gasteiger partial charge in [-0.25, -0.2) is 17.5 Å². The van der Waals surface area contributed by atoms with Gasteiger partial charge in [0.2, 0.25) is 10.0 Å². The predicted molar refractivity (Wildman–Crippen MR) is 73.3 cm³/mol. The van der Waals surface area contributed by atoms with E-state index in [0.29, 0.717) is 32.6 Å². The highest BCUT2D eigenvalue weighted by Gasteiger charge is 2.24. The van der Waals surface area contributed by atoms with E-state index in [1.54, 1.807) is 13.1 Å². The molecule has 1 aromatic rings. The third kappa shape index (κ3) is 3.76. The van der Waals surface area contributed by atoms with E-state index in [1.807, 2.05) is 0 Å². The minimum atomic E-state index is -3.84. The third-order valence-corrected chi connectivity index (χ3v) is 4.74. The van der Waals surface area contributed by atoms with Crippen molar-refractivity contribution in [1.82, 2.24) is 10.0 Å². The van der Waals surface area contributed by atoms with E-state index in [4.69, 9.17) is 4.74 Å². The zero-order chi connectivity index (χ0) is 14.6. The van der Waals surface area contributed by atoms with Crippen LogP contribution in [0.2, 0.25) is 0 Å². The molecule has 2 rings (SSSR count). The highest BCUT2D eigenvalue weighted by atomic mass is 32.2. The van der Waals surface area contributed by atoms with Crippen molar-refractivity contribution in [2.45, 2.75) is 30.3 Å². The molecule has 1 aliphatic rings. The molecule has 2 N–H and O–H groups in total. The van der Waals surface area contributed by atoms with Gasteiger partial charge in [-0.05, 0) is 37.6 Å². The molecule has 0 radical (unpaired) electrons. The van der Waals surface area contributed by atoms with E-state index in [0.717, 1.165) is 5.56 Å². The maximum Gasteiger partial charge on any atom is 0.243 e. The van der Waals surface area contributed by atoms with Crippen molar-refractivity contribution in [3.63, 3.8) is 0 Å². The summed E-state index contributed by atoms with van der Waals surface area (Å²) in [7, 11) is -2.09. The molecule has 1 saturated heterocycles. The van der Waals surface area contributed by atoms with Crippen LogP contribution in [0.4, 0.5) is 4.39 Å². The fraction of sp³-hybridized carbons (Fsp3) is 0.538. The van der Waals surface area contributed by atoms with E-state index < -0.39 is 15.8 Å². The van der Waals surface area contributed by atoms with Gasteiger partial charge in [0.05, 0.1) is 0 Å². The lowest BCUT2D eigenvalue weighted by molar-refractivity contribution is 0.0832. The quantitative estimate of drug-likeness (QED) is 0.851. The van der Waals surface area contributed by atoms with Crippen molar-refractivity contribution >= 4 is 10.0 Å². The van der Waals surface area contributed by atoms with Gasteiger partial charge in [0.25, 0.3) is 0 Å². The number of sulfonamides is 1. The molecule has 0 saturated carbocycles. The van der Waals surface area contributed by atoms with Gasteiger partial charge in [-0.3, -0.25) is 0 Å². The van der Waals surface area contributed by atoms with Crippen molar-refractivity contribution < 1.29 is 17.5 Å². The van der Waals surface area contributed by atoms with Crippen LogP contribution in [0.3, 0.4) is 0 Å². The number of nitrogens with one attached hydrogen (secondary N) is 2. The van der Waals surface area contributed by atoms with Gasteiger partial charge >= 0.3 is 0 Å². The molecule has 7 heteroatoms. The van der Waals surface area contributed by atoms with Gasteiger partial charge in [-0.15, -0.1) is 0 Å². The monoisotopic (exact) mass is 302 g/mol. The second-order valence-electron chi connectivity index (χ2n) is 4.80. The molecule has 20 heavy (non-hydrogen) atoms. The SMILES string of the molecule is CNCc1ccc(F)c(S(=O)(=O)NC2CCOCC2)c1. The molecule has 0 aliphatic carbocycles. The van der Waals surface area contributed by atoms with Crippen molar-refractivity contribution in [2.75, 3.05) is 20.3 Å². The molecule has 0 bridgehead atoms. The van der Waals surface area contributed by atoms with Gasteiger partial charge < -0.3 is 10.1 Å². The predicted octanol–water partition coefficient (Wildman–Crippen LogP) is 1.00. The molecule has 0 aromatic heterocycles. The van der Waals surface area contributed by atoms with E-state index in [9.17, 15) is 12.8 Å². The summed E-state index contributed by atoms with van der Waals surface area (Å²) < 4.78 is 46.1. The number of hydrogen-bond acceptors (Lipinski definition) is 4. The second kappa shape index (κ2) is 6.62. The van der Waals surface area contributed by atoms with Gasteiger partial charge in [0.1, 0.15) is 10.7 Å². The Kier molecular flexibility index (Phi) is 5.09. The summed E-state index contributed by atoms with van der Waals surface area (Å²) in [4.78, 5) is -0.295. The molecule has 0 spiro atoms. The van der Waals surface area contributed by atoms with Crippen LogP contribution in [0.15, 0.2) is 23.1 Å². The average molecular weight is 302 g/mol. The first-order valence-electron chi connectivity index (χ1n) is 6.56. The van der Waals surface area contributed by atoms with Crippen molar-refractivity contribution in [2.24, 2.45) is 0 Å². The first kappa shape index (κ1) is 15.4. The number of halogens is 1. The number of benzene rings is 1. The molecule has 0 unspecified atom stereocenters. The maximum atomic E-state index is 13.8. The fourth-order valence-electron chi connectivity index (χ4n) is 2.17. The summed E-state index contributed by atoms with van der Waals surface area (Å²) in [5.74, 6) is -0.732. The van der Waals surface area contributed by atoms with Gasteiger partial charge in [0.15, 0.2) is 0 Å². The van der Waals surface area contributed by atoms with Crippen LogP contribution in [-0.4, -0.2) is 34.7 Å². The molecule has 1 aromatic carbocycles. The smallest absolute Gasteiger partial charge is 0.243 e. The second-order valence-corrected chi connectivity index (χ2v) is 6.49. The molecule has 5 nitrogen and oxygen atoms in total. The Bertz CT molecular complexity index is 557. The Labute approximate surface area is 118 Å². The Morgan fingerprint density at radius 2 is 2.05 bits per heavy atom. The van der Waals surface area contributed by atoms with Crippen molar-refractivity contribution in [3.05, 3.63) is 29.6 Å². The van der Waals surface area contributed by atoms with Crippen LogP contribution in [-0.2, 0) is 21.3 Å². The van der Waals surface area contributed by atoms with Crippen LogP contribution in [0.25, 0.3) is 0 Å². The minimum Gasteiger partial charge on any atom is -0.381 e. The molecule has 0 atom stereocenters. The summed E-state index contributed by atoms with van der Waals surface area (Å²) in [6.45, 7) is 1.53. The highest BCUT2D eigenvalue weighted by molar-refractivity contribution is 7.89. The zero-order valence-electron chi connectivity index (χ0n) is 11.4. The first-order chi connectivity index (χ1) is 9.53. The summed E-state index contributed by atoms with van der Waals surface area (Å²) >= 11 is 0. The average Bonchev–Trinajstić information content (AvgIpc) is 2.42. The normalized spacial score (nSPS) is 17.3. The molecule has 0 amide bonds. The number of ether oxygens (including phenoxy) is 1. The Morgan fingerprint density at radius 1 is 1.35 bits per heavy atom. The van der Waals surface area contributed by atoms with Gasteiger partial charge in [-0.2, -0.15) is 0 Å². The van der Waals surface area contributed by atoms with Crippen molar-refractivity contribution in [3.8, 4) is 0 Å². The molecule has 1 heterocycles. The largest absolute Gasteiger partial charge is 0.381 e. The summed E-state index contributed by atoms with van der Waals surface area (Å²) in [5, 5.41) is 2.91. The fourth-order valence-corrected chi connectivity index (χ4v) is 3.60. The molecule has 1 aliphatic heterocycles. The number of hydrogen-bond donors (Lipinski definition) is 2. The minimum absolute atomic E-state index is 0.193. The van der Waals surface area contributed by atoms with E-state index in [-0.39, 0.29) is 10.9 Å². The zero-order valence-corrected chi connectivity index (χ0v) is 12.2. The molecule has 1 fully saturated rings. The Morgan fingerprint density at radius 3 is 2.70 bits per heavy atom. The maximum absolute atomic E-state index is 13.8. The lowest BCUT2D eigenvalue weighted by atomic mass is 10.1. The van der Waals surface area contributed by atoms with Crippen LogP contribution in [0.5, 0.6) is 0 Å². The lowest BCUT2D eigenvalue weighted by Crippen LogP contribution is -2.39. The lowest BCUT2D eigenvalue weighted by Gasteiger charge is -2.23. The van der Waals surface area contributed by atoms with E-state index >= 15 is 0 Å². The Hall–Kier alpha value is -1.02. The van der Waals surface area contributed by atoms with Gasteiger partial charge in [0, 0.05) is 25.8 Å². The van der Waals surface area contributed by atoms with E-state index in [2.05, 4.69) is 10.0 Å². The van der Waals surface area contributed by atoms with Crippen LogP contribution >= 0.6 is 0 Å². The van der Waals surface area contributed by atoms with Gasteiger partial charge in [-0.1, -0.05) is 6.07 Å². The standard InChI is InChI=1S/C13H19FN2O3S/c1-15-9-10-2-3-12(14)13(8-10)20(17,18)16-11-4-6-19-7-5-11/h2-3,8,11,15-16H,4-7,9H2,1H3. The topological polar surface area (TPSA) is 67.4 Å². The van der Waals surface area contributed by atoms with Crippen LogP contribution in [0, 0.1) is 5.82 Å². The summed E-state index contributed by atoms with van der Waals surface area (Å²) in [6.07, 6.45) is 1.22. The summed E-state index contributed by atoms with van der Waals surface area (Å²) in [6, 6.07) is 3.93. The molecular formula is C13H19FN2O3S. The van der Waals surface area contributed by atoms with Crippen LogP contribution < -0.4 is 10.0 Å². The van der Waals surface area contributed by atoms with Crippen molar-refractivity contribution in [1.29, 1.82) is 0 Å². The molecule has 112 valence electrons. The summed E-state index contributed by atoms with van der Waals surface area (Å²) in [5.41, 5.74) is 0.723. The Balaban J connectivity index is 2.21. The van der Waals surface area contributed by atoms with Crippen LogP contribution in [0.1, 0.15) is 18.4 Å². The molecular weight excluding hydrogens is 283 g/mol. The third-order valence-electron chi connectivity index (χ3n) is 3.21.